The van der Waals surface area contributed by atoms with Gasteiger partial charge in [-0.05, 0) is 45.0 Å². The number of nitrogens with zero attached hydrogens (tertiary/aromatic N) is 1. The third-order valence-electron chi connectivity index (χ3n) is 3.62. The summed E-state index contributed by atoms with van der Waals surface area (Å²) in [6.07, 6.45) is 2.32. The molecule has 1 unspecified atom stereocenters. The van der Waals surface area contributed by atoms with E-state index < -0.39 is 10.0 Å². The fourth-order valence-electron chi connectivity index (χ4n) is 2.45. The fraction of sp³-hybridized carbons (Fsp3) is 0.538. The Morgan fingerprint density at radius 3 is 2.33 bits per heavy atom. The number of nitrogens with one attached hydrogen (secondary N) is 1. The maximum absolute atomic E-state index is 12.4. The van der Waals surface area contributed by atoms with Crippen molar-refractivity contribution in [3.05, 3.63) is 22.2 Å². The standard InChI is InChI=1S/C13H19Cl2N3O2S/c1-9(18-4-2-3-5-18)8-17-21(19,20)13-11(14)6-10(16)7-12(13)15/h6-7,9,17H,2-5,8,16H2,1H3. The van der Waals surface area contributed by atoms with Gasteiger partial charge in [0.05, 0.1) is 10.0 Å². The van der Waals surface area contributed by atoms with Crippen LogP contribution in [0.2, 0.25) is 10.0 Å². The van der Waals surface area contributed by atoms with Gasteiger partial charge in [0.25, 0.3) is 0 Å². The average Bonchev–Trinajstić information content (AvgIpc) is 2.88. The molecule has 2 rings (SSSR count). The maximum atomic E-state index is 12.4. The summed E-state index contributed by atoms with van der Waals surface area (Å²) in [7, 11) is -3.76. The van der Waals surface area contributed by atoms with Crippen LogP contribution >= 0.6 is 23.2 Å². The van der Waals surface area contributed by atoms with E-state index in [1.165, 1.54) is 12.1 Å². The maximum Gasteiger partial charge on any atom is 0.243 e. The average molecular weight is 352 g/mol. The molecule has 1 atom stereocenters. The van der Waals surface area contributed by atoms with Crippen molar-refractivity contribution in [1.29, 1.82) is 0 Å². The van der Waals surface area contributed by atoms with E-state index in [-0.39, 0.29) is 21.0 Å². The molecule has 5 nitrogen and oxygen atoms in total. The highest BCUT2D eigenvalue weighted by Gasteiger charge is 2.24. The number of nitrogen functional groups attached to an aromatic ring is 1. The van der Waals surface area contributed by atoms with Crippen LogP contribution in [0.5, 0.6) is 0 Å². The van der Waals surface area contributed by atoms with E-state index in [0.717, 1.165) is 25.9 Å². The van der Waals surface area contributed by atoms with E-state index in [9.17, 15) is 8.42 Å². The third-order valence-corrected chi connectivity index (χ3v) is 5.97. The van der Waals surface area contributed by atoms with Crippen molar-refractivity contribution >= 4 is 38.9 Å². The second-order valence-corrected chi connectivity index (χ2v) is 7.78. The Labute approximate surface area is 135 Å². The predicted molar refractivity (Wildman–Crippen MR) is 86.3 cm³/mol. The van der Waals surface area contributed by atoms with Crippen LogP contribution < -0.4 is 10.5 Å². The van der Waals surface area contributed by atoms with Crippen LogP contribution in [0.3, 0.4) is 0 Å². The van der Waals surface area contributed by atoms with E-state index in [2.05, 4.69) is 9.62 Å². The Hall–Kier alpha value is -0.530. The lowest BCUT2D eigenvalue weighted by Crippen LogP contribution is -2.40. The van der Waals surface area contributed by atoms with Gasteiger partial charge in [0.2, 0.25) is 10.0 Å². The number of likely N-dealkylation sites (tertiary alicyclic amines) is 1. The van der Waals surface area contributed by atoms with Crippen LogP contribution in [-0.4, -0.2) is 39.0 Å². The molecule has 1 aliphatic heterocycles. The first-order valence-electron chi connectivity index (χ1n) is 6.79. The number of halogens is 2. The normalized spacial score (nSPS) is 18.0. The van der Waals surface area contributed by atoms with Crippen LogP contribution in [0.1, 0.15) is 19.8 Å². The number of anilines is 1. The van der Waals surface area contributed by atoms with E-state index >= 15 is 0 Å². The van der Waals surface area contributed by atoms with Crippen LogP contribution in [-0.2, 0) is 10.0 Å². The Morgan fingerprint density at radius 2 is 1.81 bits per heavy atom. The lowest BCUT2D eigenvalue weighted by molar-refractivity contribution is 0.260. The number of rotatable bonds is 5. The molecular formula is C13H19Cl2N3O2S. The molecule has 0 saturated carbocycles. The highest BCUT2D eigenvalue weighted by atomic mass is 35.5. The molecule has 8 heteroatoms. The molecule has 3 N–H and O–H groups in total. The van der Waals surface area contributed by atoms with Gasteiger partial charge in [0.1, 0.15) is 4.90 Å². The van der Waals surface area contributed by atoms with Crippen molar-refractivity contribution in [2.75, 3.05) is 25.4 Å². The van der Waals surface area contributed by atoms with Gasteiger partial charge < -0.3 is 5.73 Å². The predicted octanol–water partition coefficient (Wildman–Crippen LogP) is 2.34. The summed E-state index contributed by atoms with van der Waals surface area (Å²) in [5, 5.41) is 0.0580. The molecule has 21 heavy (non-hydrogen) atoms. The molecule has 0 aliphatic carbocycles. The molecule has 1 fully saturated rings. The zero-order chi connectivity index (χ0) is 15.6. The molecule has 1 saturated heterocycles. The molecule has 0 amide bonds. The molecule has 1 heterocycles. The lowest BCUT2D eigenvalue weighted by atomic mass is 10.3. The summed E-state index contributed by atoms with van der Waals surface area (Å²) in [6.45, 7) is 4.33. The minimum Gasteiger partial charge on any atom is -0.399 e. The number of benzene rings is 1. The van der Waals surface area contributed by atoms with Crippen LogP contribution in [0.15, 0.2) is 17.0 Å². The summed E-state index contributed by atoms with van der Waals surface area (Å²) in [5.74, 6) is 0. The second-order valence-electron chi connectivity index (χ2n) is 5.26. The van der Waals surface area contributed by atoms with Gasteiger partial charge in [0, 0.05) is 18.3 Å². The van der Waals surface area contributed by atoms with E-state index in [1.54, 1.807) is 0 Å². The van der Waals surface area contributed by atoms with Crippen LogP contribution in [0.25, 0.3) is 0 Å². The minimum atomic E-state index is -3.76. The van der Waals surface area contributed by atoms with Gasteiger partial charge in [-0.2, -0.15) is 0 Å². The molecule has 0 radical (unpaired) electrons. The van der Waals surface area contributed by atoms with Crippen molar-refractivity contribution in [3.63, 3.8) is 0 Å². The Morgan fingerprint density at radius 1 is 1.29 bits per heavy atom. The minimum absolute atomic E-state index is 0.0290. The Bertz CT molecular complexity index is 593. The fourth-order valence-corrected chi connectivity index (χ4v) is 4.80. The largest absolute Gasteiger partial charge is 0.399 e. The summed E-state index contributed by atoms with van der Waals surface area (Å²) in [6, 6.07) is 2.89. The van der Waals surface area contributed by atoms with Crippen molar-refractivity contribution in [1.82, 2.24) is 9.62 Å². The van der Waals surface area contributed by atoms with Gasteiger partial charge in [0.15, 0.2) is 0 Å². The summed E-state index contributed by atoms with van der Waals surface area (Å²) < 4.78 is 27.3. The van der Waals surface area contributed by atoms with E-state index in [0.29, 0.717) is 12.2 Å². The van der Waals surface area contributed by atoms with Gasteiger partial charge in [-0.3, -0.25) is 4.90 Å². The molecule has 1 aromatic carbocycles. The van der Waals surface area contributed by atoms with Gasteiger partial charge in [-0.1, -0.05) is 23.2 Å². The number of hydrogen-bond donors (Lipinski definition) is 2. The summed E-state index contributed by atoms with van der Waals surface area (Å²) in [4.78, 5) is 2.14. The Kier molecular flexibility index (Phi) is 5.38. The highest BCUT2D eigenvalue weighted by molar-refractivity contribution is 7.89. The Balaban J connectivity index is 2.11. The first-order valence-corrected chi connectivity index (χ1v) is 9.03. The topological polar surface area (TPSA) is 75.4 Å². The van der Waals surface area contributed by atoms with Crippen molar-refractivity contribution < 1.29 is 8.42 Å². The smallest absolute Gasteiger partial charge is 0.243 e. The van der Waals surface area contributed by atoms with Crippen molar-refractivity contribution in [2.45, 2.75) is 30.7 Å². The van der Waals surface area contributed by atoms with Gasteiger partial charge in [-0.25, -0.2) is 13.1 Å². The van der Waals surface area contributed by atoms with Crippen molar-refractivity contribution in [2.24, 2.45) is 0 Å². The number of nitrogens with two attached hydrogens (primary N) is 1. The molecule has 118 valence electrons. The number of hydrogen-bond acceptors (Lipinski definition) is 4. The SMILES string of the molecule is CC(CNS(=O)(=O)c1c(Cl)cc(N)cc1Cl)N1CCCC1. The number of sulfonamides is 1. The zero-order valence-corrected chi connectivity index (χ0v) is 14.1. The summed E-state index contributed by atoms with van der Waals surface area (Å²) >= 11 is 11.9. The van der Waals surface area contributed by atoms with Crippen LogP contribution in [0.4, 0.5) is 5.69 Å². The van der Waals surface area contributed by atoms with E-state index in [1.807, 2.05) is 6.92 Å². The molecule has 1 aliphatic rings. The molecular weight excluding hydrogens is 333 g/mol. The van der Waals surface area contributed by atoms with Gasteiger partial charge in [-0.15, -0.1) is 0 Å². The molecule has 0 bridgehead atoms. The highest BCUT2D eigenvalue weighted by Crippen LogP contribution is 2.31. The molecule has 0 spiro atoms. The van der Waals surface area contributed by atoms with Gasteiger partial charge >= 0.3 is 0 Å². The van der Waals surface area contributed by atoms with Crippen LogP contribution in [0, 0.1) is 0 Å². The monoisotopic (exact) mass is 351 g/mol. The lowest BCUT2D eigenvalue weighted by Gasteiger charge is -2.24. The quantitative estimate of drug-likeness (QED) is 0.798. The zero-order valence-electron chi connectivity index (χ0n) is 11.8. The second kappa shape index (κ2) is 6.71. The summed E-state index contributed by atoms with van der Waals surface area (Å²) in [5.41, 5.74) is 5.91. The third kappa shape index (κ3) is 4.02. The molecule has 0 aromatic heterocycles. The molecule has 1 aromatic rings. The van der Waals surface area contributed by atoms with E-state index in [4.69, 9.17) is 28.9 Å². The first-order chi connectivity index (χ1) is 9.81. The first kappa shape index (κ1) is 16.8. The van der Waals surface area contributed by atoms with Crippen molar-refractivity contribution in [3.8, 4) is 0 Å².